The summed E-state index contributed by atoms with van der Waals surface area (Å²) in [6, 6.07) is 8.34. The summed E-state index contributed by atoms with van der Waals surface area (Å²) in [5, 5.41) is 3.04. The minimum Gasteiger partial charge on any atom is -0.424 e. The van der Waals surface area contributed by atoms with E-state index in [0.717, 1.165) is 24.3 Å². The molecule has 0 aliphatic heterocycles. The van der Waals surface area contributed by atoms with E-state index < -0.39 is 0 Å². The highest BCUT2D eigenvalue weighted by molar-refractivity contribution is 5.29. The average molecular weight is 243 g/mol. The highest BCUT2D eigenvalue weighted by Crippen LogP contribution is 2.18. The molecule has 2 rings (SSSR count). The highest BCUT2D eigenvalue weighted by Gasteiger charge is 2.00. The SMILES string of the molecule is CCc1ccc(Oc2ncc(CNC)cn2)cc1. The molecule has 0 fully saturated rings. The average Bonchev–Trinajstić information content (AvgIpc) is 2.42. The number of nitrogens with zero attached hydrogens (tertiary/aromatic N) is 2. The topological polar surface area (TPSA) is 47.0 Å². The van der Waals surface area contributed by atoms with Crippen LogP contribution < -0.4 is 10.1 Å². The molecule has 0 spiro atoms. The van der Waals surface area contributed by atoms with Crippen molar-refractivity contribution in [1.82, 2.24) is 15.3 Å². The Balaban J connectivity index is 2.03. The molecule has 1 aromatic heterocycles. The molecule has 0 saturated heterocycles. The highest BCUT2D eigenvalue weighted by atomic mass is 16.5. The lowest BCUT2D eigenvalue weighted by Gasteiger charge is -2.05. The Labute approximate surface area is 107 Å². The predicted octanol–water partition coefficient (Wildman–Crippen LogP) is 2.55. The standard InChI is InChI=1S/C14H17N3O/c1-3-11-4-6-13(7-5-11)18-14-16-9-12(8-15-2)10-17-14/h4-7,9-10,15H,3,8H2,1-2H3. The fraction of sp³-hybridized carbons (Fsp3) is 0.286. The number of hydrogen-bond acceptors (Lipinski definition) is 4. The number of aromatic nitrogens is 2. The molecule has 0 unspecified atom stereocenters. The van der Waals surface area contributed by atoms with Crippen molar-refractivity contribution < 1.29 is 4.74 Å². The normalized spacial score (nSPS) is 10.3. The van der Waals surface area contributed by atoms with Crippen LogP contribution in [0.2, 0.25) is 0 Å². The van der Waals surface area contributed by atoms with Crippen molar-refractivity contribution in [1.29, 1.82) is 0 Å². The molecule has 4 heteroatoms. The van der Waals surface area contributed by atoms with Crippen LogP contribution in [0.3, 0.4) is 0 Å². The molecule has 2 aromatic rings. The van der Waals surface area contributed by atoms with Gasteiger partial charge in [0.25, 0.3) is 0 Å². The van der Waals surface area contributed by atoms with Gasteiger partial charge in [0.05, 0.1) is 0 Å². The Hall–Kier alpha value is -1.94. The van der Waals surface area contributed by atoms with Gasteiger partial charge in [-0.3, -0.25) is 0 Å². The summed E-state index contributed by atoms with van der Waals surface area (Å²) in [5.41, 5.74) is 2.32. The van der Waals surface area contributed by atoms with Gasteiger partial charge < -0.3 is 10.1 Å². The molecule has 0 bridgehead atoms. The first-order valence-corrected chi connectivity index (χ1v) is 6.04. The van der Waals surface area contributed by atoms with E-state index in [-0.39, 0.29) is 0 Å². The Morgan fingerprint density at radius 2 is 1.72 bits per heavy atom. The van der Waals surface area contributed by atoms with Crippen LogP contribution in [0, 0.1) is 0 Å². The summed E-state index contributed by atoms with van der Waals surface area (Å²) in [5.74, 6) is 0.758. The molecular formula is C14H17N3O. The van der Waals surface area contributed by atoms with Crippen LogP contribution in [0.25, 0.3) is 0 Å². The third-order valence-corrected chi connectivity index (χ3v) is 2.60. The largest absolute Gasteiger partial charge is 0.424 e. The number of nitrogens with one attached hydrogen (secondary N) is 1. The van der Waals surface area contributed by atoms with Crippen molar-refractivity contribution in [2.24, 2.45) is 0 Å². The van der Waals surface area contributed by atoms with Gasteiger partial charge in [-0.2, -0.15) is 0 Å². The number of aryl methyl sites for hydroxylation is 1. The Bertz CT molecular complexity index is 479. The lowest BCUT2D eigenvalue weighted by molar-refractivity contribution is 0.440. The molecule has 0 radical (unpaired) electrons. The van der Waals surface area contributed by atoms with Crippen LogP contribution in [-0.2, 0) is 13.0 Å². The van der Waals surface area contributed by atoms with Crippen molar-refractivity contribution in [3.05, 3.63) is 47.8 Å². The smallest absolute Gasteiger partial charge is 0.321 e. The van der Waals surface area contributed by atoms with E-state index >= 15 is 0 Å². The van der Waals surface area contributed by atoms with Crippen LogP contribution in [0.1, 0.15) is 18.1 Å². The van der Waals surface area contributed by atoms with E-state index in [1.807, 2.05) is 31.3 Å². The Morgan fingerprint density at radius 3 is 2.28 bits per heavy atom. The van der Waals surface area contributed by atoms with Gasteiger partial charge in [0, 0.05) is 24.5 Å². The van der Waals surface area contributed by atoms with E-state index in [2.05, 4.69) is 22.2 Å². The van der Waals surface area contributed by atoms with Crippen LogP contribution >= 0.6 is 0 Å². The third-order valence-electron chi connectivity index (χ3n) is 2.60. The molecule has 1 aromatic carbocycles. The van der Waals surface area contributed by atoms with Gasteiger partial charge in [0.2, 0.25) is 0 Å². The van der Waals surface area contributed by atoms with Crippen molar-refractivity contribution >= 4 is 0 Å². The minimum absolute atomic E-state index is 0.374. The predicted molar refractivity (Wildman–Crippen MR) is 70.7 cm³/mol. The first-order chi connectivity index (χ1) is 8.81. The maximum absolute atomic E-state index is 5.57. The summed E-state index contributed by atoms with van der Waals surface area (Å²) in [6.07, 6.45) is 4.55. The fourth-order valence-electron chi connectivity index (χ4n) is 1.59. The zero-order valence-corrected chi connectivity index (χ0v) is 10.7. The van der Waals surface area contributed by atoms with Crippen LogP contribution in [0.5, 0.6) is 11.8 Å². The second-order valence-electron chi connectivity index (χ2n) is 4.00. The van der Waals surface area contributed by atoms with Crippen LogP contribution in [0.4, 0.5) is 0 Å². The number of ether oxygens (including phenoxy) is 1. The molecule has 1 heterocycles. The van der Waals surface area contributed by atoms with Crippen LogP contribution in [-0.4, -0.2) is 17.0 Å². The van der Waals surface area contributed by atoms with Crippen molar-refractivity contribution in [3.8, 4) is 11.8 Å². The van der Waals surface area contributed by atoms with Crippen LogP contribution in [0.15, 0.2) is 36.7 Å². The first kappa shape index (κ1) is 12.5. The number of hydrogen-bond donors (Lipinski definition) is 1. The minimum atomic E-state index is 0.374. The zero-order chi connectivity index (χ0) is 12.8. The van der Waals surface area contributed by atoms with E-state index in [4.69, 9.17) is 4.74 Å². The summed E-state index contributed by atoms with van der Waals surface area (Å²) in [7, 11) is 1.89. The number of benzene rings is 1. The van der Waals surface area contributed by atoms with Gasteiger partial charge in [-0.15, -0.1) is 0 Å². The van der Waals surface area contributed by atoms with Gasteiger partial charge in [-0.05, 0) is 31.2 Å². The molecule has 18 heavy (non-hydrogen) atoms. The molecule has 1 N–H and O–H groups in total. The van der Waals surface area contributed by atoms with Crippen molar-refractivity contribution in [2.75, 3.05) is 7.05 Å². The zero-order valence-electron chi connectivity index (χ0n) is 10.7. The lowest BCUT2D eigenvalue weighted by atomic mass is 10.2. The molecule has 4 nitrogen and oxygen atoms in total. The molecule has 0 amide bonds. The molecule has 0 saturated carbocycles. The lowest BCUT2D eigenvalue weighted by Crippen LogP contribution is -2.06. The summed E-state index contributed by atoms with van der Waals surface area (Å²) in [6.45, 7) is 2.88. The molecule has 0 atom stereocenters. The maximum Gasteiger partial charge on any atom is 0.321 e. The first-order valence-electron chi connectivity index (χ1n) is 6.04. The van der Waals surface area contributed by atoms with Gasteiger partial charge >= 0.3 is 6.01 Å². The molecule has 94 valence electrons. The quantitative estimate of drug-likeness (QED) is 0.876. The Morgan fingerprint density at radius 1 is 1.06 bits per heavy atom. The summed E-state index contributed by atoms with van der Waals surface area (Å²) in [4.78, 5) is 8.32. The van der Waals surface area contributed by atoms with E-state index in [9.17, 15) is 0 Å². The summed E-state index contributed by atoms with van der Waals surface area (Å²) >= 11 is 0. The second-order valence-corrected chi connectivity index (χ2v) is 4.00. The molecule has 0 aliphatic carbocycles. The second kappa shape index (κ2) is 6.12. The van der Waals surface area contributed by atoms with Gasteiger partial charge in [0.15, 0.2) is 0 Å². The monoisotopic (exact) mass is 243 g/mol. The van der Waals surface area contributed by atoms with Crippen molar-refractivity contribution in [2.45, 2.75) is 19.9 Å². The van der Waals surface area contributed by atoms with Gasteiger partial charge in [-0.25, -0.2) is 9.97 Å². The van der Waals surface area contributed by atoms with E-state index in [0.29, 0.717) is 6.01 Å². The van der Waals surface area contributed by atoms with E-state index in [1.165, 1.54) is 5.56 Å². The Kier molecular flexibility index (Phi) is 4.25. The third kappa shape index (κ3) is 3.28. The number of rotatable bonds is 5. The molecule has 0 aliphatic rings. The van der Waals surface area contributed by atoms with E-state index in [1.54, 1.807) is 12.4 Å². The van der Waals surface area contributed by atoms with Gasteiger partial charge in [-0.1, -0.05) is 19.1 Å². The van der Waals surface area contributed by atoms with Gasteiger partial charge in [0.1, 0.15) is 5.75 Å². The maximum atomic E-state index is 5.57. The summed E-state index contributed by atoms with van der Waals surface area (Å²) < 4.78 is 5.57. The fourth-order valence-corrected chi connectivity index (χ4v) is 1.59. The molecular weight excluding hydrogens is 226 g/mol. The van der Waals surface area contributed by atoms with Crippen molar-refractivity contribution in [3.63, 3.8) is 0 Å².